The molecule has 1 aliphatic heterocycles. The minimum Gasteiger partial charge on any atom is -0.312 e. The lowest BCUT2D eigenvalue weighted by Gasteiger charge is -2.40. The summed E-state index contributed by atoms with van der Waals surface area (Å²) < 4.78 is 0. The maximum atomic E-state index is 3.63. The van der Waals surface area contributed by atoms with Gasteiger partial charge in [0.15, 0.2) is 0 Å². The van der Waals surface area contributed by atoms with Gasteiger partial charge in [-0.3, -0.25) is 4.90 Å². The summed E-state index contributed by atoms with van der Waals surface area (Å²) in [6, 6.07) is 1.58. The molecule has 0 aromatic rings. The predicted octanol–water partition coefficient (Wildman–Crippen LogP) is 2.25. The van der Waals surface area contributed by atoms with E-state index in [4.69, 9.17) is 0 Å². The molecule has 2 aliphatic rings. The Morgan fingerprint density at radius 3 is 2.40 bits per heavy atom. The van der Waals surface area contributed by atoms with E-state index in [9.17, 15) is 0 Å². The first-order valence-corrected chi connectivity index (χ1v) is 6.54. The van der Waals surface area contributed by atoms with E-state index in [0.717, 1.165) is 12.1 Å². The SMILES string of the molecule is CC(CNC1CC1)N1CCC(C)(C)CC1. The molecule has 2 nitrogen and oxygen atoms in total. The number of hydrogen-bond acceptors (Lipinski definition) is 2. The molecular formula is C13H26N2. The lowest BCUT2D eigenvalue weighted by Crippen LogP contribution is -2.46. The van der Waals surface area contributed by atoms with Crippen molar-refractivity contribution in [2.24, 2.45) is 5.41 Å². The molecule has 0 aromatic heterocycles. The standard InChI is InChI=1S/C13H26N2/c1-11(10-14-12-4-5-12)15-8-6-13(2,3)7-9-15/h11-12,14H,4-10H2,1-3H3. The molecule has 0 aromatic carbocycles. The topological polar surface area (TPSA) is 15.3 Å². The Balaban J connectivity index is 1.69. The second-order valence-corrected chi connectivity index (χ2v) is 6.23. The fraction of sp³-hybridized carbons (Fsp3) is 1.00. The molecule has 88 valence electrons. The summed E-state index contributed by atoms with van der Waals surface area (Å²) >= 11 is 0. The third-order valence-electron chi connectivity index (χ3n) is 4.05. The van der Waals surface area contributed by atoms with Crippen LogP contribution in [0.4, 0.5) is 0 Å². The summed E-state index contributed by atoms with van der Waals surface area (Å²) in [5.74, 6) is 0. The van der Waals surface area contributed by atoms with Crippen LogP contribution in [0.2, 0.25) is 0 Å². The molecule has 1 N–H and O–H groups in total. The molecule has 2 fully saturated rings. The van der Waals surface area contributed by atoms with Gasteiger partial charge in [0.2, 0.25) is 0 Å². The molecule has 1 atom stereocenters. The number of nitrogens with one attached hydrogen (secondary N) is 1. The third kappa shape index (κ3) is 3.46. The van der Waals surface area contributed by atoms with Crippen LogP contribution in [0.25, 0.3) is 0 Å². The fourth-order valence-corrected chi connectivity index (χ4v) is 2.32. The van der Waals surface area contributed by atoms with Gasteiger partial charge < -0.3 is 5.32 Å². The molecule has 1 saturated heterocycles. The number of nitrogens with zero attached hydrogens (tertiary/aromatic N) is 1. The highest BCUT2D eigenvalue weighted by molar-refractivity contribution is 4.85. The van der Waals surface area contributed by atoms with Crippen molar-refractivity contribution in [2.45, 2.75) is 58.5 Å². The van der Waals surface area contributed by atoms with Crippen molar-refractivity contribution in [3.63, 3.8) is 0 Å². The molecule has 2 rings (SSSR count). The van der Waals surface area contributed by atoms with Crippen molar-refractivity contribution in [1.82, 2.24) is 10.2 Å². The molecule has 0 radical (unpaired) electrons. The second-order valence-electron chi connectivity index (χ2n) is 6.23. The monoisotopic (exact) mass is 210 g/mol. The molecule has 15 heavy (non-hydrogen) atoms. The van der Waals surface area contributed by atoms with Crippen LogP contribution in [0, 0.1) is 5.41 Å². The quantitative estimate of drug-likeness (QED) is 0.765. The van der Waals surface area contributed by atoms with E-state index in [1.54, 1.807) is 0 Å². The molecule has 0 amide bonds. The maximum absolute atomic E-state index is 3.63. The third-order valence-corrected chi connectivity index (χ3v) is 4.05. The van der Waals surface area contributed by atoms with Gasteiger partial charge in [-0.05, 0) is 51.1 Å². The van der Waals surface area contributed by atoms with E-state index in [0.29, 0.717) is 5.41 Å². The number of rotatable bonds is 4. The van der Waals surface area contributed by atoms with Crippen LogP contribution in [0.3, 0.4) is 0 Å². The lowest BCUT2D eigenvalue weighted by atomic mass is 9.82. The van der Waals surface area contributed by atoms with E-state index in [1.807, 2.05) is 0 Å². The van der Waals surface area contributed by atoms with Crippen LogP contribution >= 0.6 is 0 Å². The van der Waals surface area contributed by atoms with Crippen LogP contribution < -0.4 is 5.32 Å². The summed E-state index contributed by atoms with van der Waals surface area (Å²) in [7, 11) is 0. The van der Waals surface area contributed by atoms with Gasteiger partial charge in [-0.2, -0.15) is 0 Å². The Kier molecular flexibility index (Phi) is 3.36. The Morgan fingerprint density at radius 1 is 1.27 bits per heavy atom. The zero-order valence-corrected chi connectivity index (χ0v) is 10.6. The molecular weight excluding hydrogens is 184 g/mol. The number of hydrogen-bond donors (Lipinski definition) is 1. The van der Waals surface area contributed by atoms with Crippen molar-refractivity contribution < 1.29 is 0 Å². The van der Waals surface area contributed by atoms with Gasteiger partial charge in [-0.25, -0.2) is 0 Å². The fourth-order valence-electron chi connectivity index (χ4n) is 2.32. The second kappa shape index (κ2) is 4.42. The summed E-state index contributed by atoms with van der Waals surface area (Å²) in [5, 5.41) is 3.63. The van der Waals surface area contributed by atoms with Crippen LogP contribution in [0.1, 0.15) is 46.5 Å². The highest BCUT2D eigenvalue weighted by atomic mass is 15.2. The summed E-state index contributed by atoms with van der Waals surface area (Å²) in [4.78, 5) is 2.65. The smallest absolute Gasteiger partial charge is 0.0192 e. The van der Waals surface area contributed by atoms with E-state index < -0.39 is 0 Å². The minimum absolute atomic E-state index is 0.583. The summed E-state index contributed by atoms with van der Waals surface area (Å²) in [5.41, 5.74) is 0.583. The molecule has 0 bridgehead atoms. The first-order chi connectivity index (χ1) is 7.07. The predicted molar refractivity (Wildman–Crippen MR) is 65.1 cm³/mol. The van der Waals surface area contributed by atoms with E-state index in [1.165, 1.54) is 45.3 Å². The van der Waals surface area contributed by atoms with Crippen molar-refractivity contribution in [2.75, 3.05) is 19.6 Å². The normalized spacial score (nSPS) is 29.0. The van der Waals surface area contributed by atoms with E-state index in [-0.39, 0.29) is 0 Å². The van der Waals surface area contributed by atoms with E-state index >= 15 is 0 Å². The Bertz CT molecular complexity index is 199. The average Bonchev–Trinajstić information content (AvgIpc) is 2.97. The highest BCUT2D eigenvalue weighted by Gasteiger charge is 2.28. The van der Waals surface area contributed by atoms with Gasteiger partial charge in [0, 0.05) is 18.6 Å². The lowest BCUT2D eigenvalue weighted by molar-refractivity contribution is 0.0997. The van der Waals surface area contributed by atoms with Crippen molar-refractivity contribution in [3.05, 3.63) is 0 Å². The van der Waals surface area contributed by atoms with Gasteiger partial charge in [0.25, 0.3) is 0 Å². The highest BCUT2D eigenvalue weighted by Crippen LogP contribution is 2.30. The van der Waals surface area contributed by atoms with Crippen molar-refractivity contribution in [3.8, 4) is 0 Å². The van der Waals surface area contributed by atoms with E-state index in [2.05, 4.69) is 31.0 Å². The molecule has 1 unspecified atom stereocenters. The largest absolute Gasteiger partial charge is 0.312 e. The Hall–Kier alpha value is -0.0800. The van der Waals surface area contributed by atoms with Crippen LogP contribution in [-0.4, -0.2) is 36.6 Å². The minimum atomic E-state index is 0.583. The van der Waals surface area contributed by atoms with Crippen molar-refractivity contribution >= 4 is 0 Å². The first kappa shape index (κ1) is 11.4. The Labute approximate surface area is 94.4 Å². The van der Waals surface area contributed by atoms with Gasteiger partial charge in [-0.1, -0.05) is 13.8 Å². The number of piperidine rings is 1. The zero-order valence-electron chi connectivity index (χ0n) is 10.6. The first-order valence-electron chi connectivity index (χ1n) is 6.54. The van der Waals surface area contributed by atoms with Gasteiger partial charge >= 0.3 is 0 Å². The molecule has 0 spiro atoms. The maximum Gasteiger partial charge on any atom is 0.0192 e. The zero-order chi connectivity index (χ0) is 10.9. The van der Waals surface area contributed by atoms with Crippen molar-refractivity contribution in [1.29, 1.82) is 0 Å². The van der Waals surface area contributed by atoms with Crippen LogP contribution in [0.5, 0.6) is 0 Å². The molecule has 2 heteroatoms. The summed E-state index contributed by atoms with van der Waals surface area (Å²) in [6.07, 6.45) is 5.53. The molecule has 1 aliphatic carbocycles. The summed E-state index contributed by atoms with van der Waals surface area (Å²) in [6.45, 7) is 10.9. The average molecular weight is 210 g/mol. The molecule has 1 saturated carbocycles. The number of likely N-dealkylation sites (tertiary alicyclic amines) is 1. The van der Waals surface area contributed by atoms with Crippen LogP contribution in [0.15, 0.2) is 0 Å². The molecule has 1 heterocycles. The van der Waals surface area contributed by atoms with Gasteiger partial charge in [-0.15, -0.1) is 0 Å². The Morgan fingerprint density at radius 2 is 1.87 bits per heavy atom. The van der Waals surface area contributed by atoms with Gasteiger partial charge in [0.05, 0.1) is 0 Å². The van der Waals surface area contributed by atoms with Crippen LogP contribution in [-0.2, 0) is 0 Å². The van der Waals surface area contributed by atoms with Gasteiger partial charge in [0.1, 0.15) is 0 Å².